The van der Waals surface area contributed by atoms with E-state index in [2.05, 4.69) is 10.2 Å². The van der Waals surface area contributed by atoms with Crippen molar-refractivity contribution in [2.75, 3.05) is 33.9 Å². The van der Waals surface area contributed by atoms with Gasteiger partial charge in [0.25, 0.3) is 0 Å². The molecule has 6 heteroatoms. The lowest BCUT2D eigenvalue weighted by Crippen LogP contribution is -2.60. The zero-order chi connectivity index (χ0) is 12.0. The lowest BCUT2D eigenvalue weighted by molar-refractivity contribution is -0.255. The fourth-order valence-corrected chi connectivity index (χ4v) is 2.82. The van der Waals surface area contributed by atoms with Crippen molar-refractivity contribution in [1.29, 1.82) is 0 Å². The van der Waals surface area contributed by atoms with Crippen LogP contribution in [-0.4, -0.2) is 56.4 Å². The van der Waals surface area contributed by atoms with Crippen LogP contribution in [0, 0.1) is 5.92 Å². The summed E-state index contributed by atoms with van der Waals surface area (Å²) in [6, 6.07) is -0.440. The number of ketones is 1. The molecule has 0 bridgehead atoms. The van der Waals surface area contributed by atoms with Crippen LogP contribution in [0.2, 0.25) is 0 Å². The predicted octanol–water partition coefficient (Wildman–Crippen LogP) is 0.208. The van der Waals surface area contributed by atoms with Gasteiger partial charge in [0.15, 0.2) is 5.78 Å². The molecule has 92 valence electrons. The van der Waals surface area contributed by atoms with Crippen molar-refractivity contribution >= 4 is 5.78 Å². The third-order valence-corrected chi connectivity index (χ3v) is 3.74. The molecule has 0 radical (unpaired) electrons. The Labute approximate surface area is 99.3 Å². The van der Waals surface area contributed by atoms with Crippen LogP contribution in [-0.2, 0) is 14.3 Å². The molecule has 3 atom stereocenters. The third-order valence-electron chi connectivity index (χ3n) is 3.74. The number of carbonyl (C=O) groups is 1. The van der Waals surface area contributed by atoms with Crippen LogP contribution in [0.25, 0.3) is 0 Å². The van der Waals surface area contributed by atoms with Crippen LogP contribution < -0.4 is 0 Å². The quantitative estimate of drug-likeness (QED) is 0.654. The van der Waals surface area contributed by atoms with Crippen LogP contribution in [0.4, 0.5) is 0 Å². The fourth-order valence-electron chi connectivity index (χ4n) is 2.82. The van der Waals surface area contributed by atoms with E-state index in [9.17, 15) is 4.79 Å². The van der Waals surface area contributed by atoms with E-state index in [1.165, 1.54) is 0 Å². The number of carbonyl (C=O) groups excluding carboxylic acids is 1. The molecule has 0 amide bonds. The molecule has 0 spiro atoms. The van der Waals surface area contributed by atoms with E-state index >= 15 is 0 Å². The molecule has 0 aromatic heterocycles. The van der Waals surface area contributed by atoms with Crippen LogP contribution >= 0.6 is 0 Å². The van der Waals surface area contributed by atoms with Crippen LogP contribution in [0.5, 0.6) is 0 Å². The monoisotopic (exact) mass is 237 g/mol. The Bertz CT molecular complexity index is 420. The SMILES string of the molecule is CO[C@@]12OCCN(C)C1=CC(=O)[C@@H]1N=NC[C@H]12. The molecule has 1 saturated heterocycles. The number of methoxy groups -OCH3 is 1. The van der Waals surface area contributed by atoms with Crippen molar-refractivity contribution in [1.82, 2.24) is 4.90 Å². The third kappa shape index (κ3) is 1.31. The van der Waals surface area contributed by atoms with E-state index in [0.29, 0.717) is 13.2 Å². The van der Waals surface area contributed by atoms with Gasteiger partial charge in [0.2, 0.25) is 5.79 Å². The summed E-state index contributed by atoms with van der Waals surface area (Å²) in [6.07, 6.45) is 1.59. The highest BCUT2D eigenvalue weighted by Crippen LogP contribution is 2.43. The molecule has 6 nitrogen and oxygen atoms in total. The lowest BCUT2D eigenvalue weighted by atomic mass is 9.80. The first-order chi connectivity index (χ1) is 8.19. The first-order valence-corrected chi connectivity index (χ1v) is 5.72. The second kappa shape index (κ2) is 3.61. The number of rotatable bonds is 1. The Kier molecular flexibility index (Phi) is 2.31. The molecule has 0 saturated carbocycles. The molecule has 0 N–H and O–H groups in total. The molecular weight excluding hydrogens is 222 g/mol. The van der Waals surface area contributed by atoms with Crippen LogP contribution in [0.15, 0.2) is 22.0 Å². The van der Waals surface area contributed by atoms with E-state index in [1.54, 1.807) is 13.2 Å². The molecule has 1 fully saturated rings. The Balaban J connectivity index is 2.10. The Morgan fingerprint density at radius 3 is 3.24 bits per heavy atom. The molecule has 2 aliphatic heterocycles. The van der Waals surface area contributed by atoms with E-state index in [4.69, 9.17) is 9.47 Å². The maximum atomic E-state index is 12.0. The number of nitrogens with zero attached hydrogens (tertiary/aromatic N) is 3. The maximum Gasteiger partial charge on any atom is 0.217 e. The molecule has 0 unspecified atom stereocenters. The summed E-state index contributed by atoms with van der Waals surface area (Å²) in [4.78, 5) is 14.0. The molecule has 3 aliphatic rings. The first-order valence-electron chi connectivity index (χ1n) is 5.72. The Morgan fingerprint density at radius 1 is 1.65 bits per heavy atom. The summed E-state index contributed by atoms with van der Waals surface area (Å²) in [5, 5.41) is 7.98. The second-order valence-electron chi connectivity index (χ2n) is 4.56. The first kappa shape index (κ1) is 10.9. The van der Waals surface area contributed by atoms with E-state index in [1.807, 2.05) is 11.9 Å². The van der Waals surface area contributed by atoms with Gasteiger partial charge in [-0.05, 0) is 0 Å². The standard InChI is InChI=1S/C11H15N3O3/c1-14-3-4-17-11(16-2)7-6-12-13-10(7)8(15)5-9(11)14/h5,7,10H,3-4,6H2,1-2H3/t7-,10-,11+/m1/s1. The minimum atomic E-state index is -0.852. The molecule has 17 heavy (non-hydrogen) atoms. The van der Waals surface area contributed by atoms with E-state index in [0.717, 1.165) is 12.2 Å². The summed E-state index contributed by atoms with van der Waals surface area (Å²) >= 11 is 0. The van der Waals surface area contributed by atoms with Crippen molar-refractivity contribution < 1.29 is 14.3 Å². The highest BCUT2D eigenvalue weighted by atomic mass is 16.7. The van der Waals surface area contributed by atoms with Crippen molar-refractivity contribution in [2.24, 2.45) is 16.1 Å². The zero-order valence-corrected chi connectivity index (χ0v) is 9.92. The normalized spacial score (nSPS) is 40.0. The van der Waals surface area contributed by atoms with Crippen molar-refractivity contribution in [2.45, 2.75) is 11.8 Å². The number of morpholine rings is 1. The Morgan fingerprint density at radius 2 is 2.47 bits per heavy atom. The van der Waals surface area contributed by atoms with Gasteiger partial charge in [-0.15, -0.1) is 0 Å². The average Bonchev–Trinajstić information content (AvgIpc) is 2.81. The number of azo groups is 1. The Hall–Kier alpha value is -1.27. The molecule has 1 aliphatic carbocycles. The molecular formula is C11H15N3O3. The zero-order valence-electron chi connectivity index (χ0n) is 9.92. The molecule has 0 aromatic rings. The van der Waals surface area contributed by atoms with Gasteiger partial charge in [-0.25, -0.2) is 0 Å². The highest BCUT2D eigenvalue weighted by Gasteiger charge is 2.57. The van der Waals surface area contributed by atoms with Crippen molar-refractivity contribution in [3.05, 3.63) is 11.8 Å². The number of hydrogen-bond acceptors (Lipinski definition) is 6. The topological polar surface area (TPSA) is 63.5 Å². The molecule has 0 aromatic carbocycles. The smallest absolute Gasteiger partial charge is 0.217 e. The van der Waals surface area contributed by atoms with E-state index in [-0.39, 0.29) is 11.7 Å². The lowest BCUT2D eigenvalue weighted by Gasteiger charge is -2.48. The minimum absolute atomic E-state index is 0.00345. The second-order valence-corrected chi connectivity index (χ2v) is 4.56. The molecule has 3 rings (SSSR count). The number of fused-ring (bicyclic) bond motifs is 3. The largest absolute Gasteiger partial charge is 0.371 e. The van der Waals surface area contributed by atoms with Gasteiger partial charge < -0.3 is 14.4 Å². The summed E-state index contributed by atoms with van der Waals surface area (Å²) in [5.41, 5.74) is 0.796. The van der Waals surface area contributed by atoms with Gasteiger partial charge in [-0.2, -0.15) is 10.2 Å². The number of hydrogen-bond donors (Lipinski definition) is 0. The van der Waals surface area contributed by atoms with E-state index < -0.39 is 11.8 Å². The van der Waals surface area contributed by atoms with Gasteiger partial charge in [0.05, 0.1) is 24.8 Å². The van der Waals surface area contributed by atoms with Gasteiger partial charge in [0.1, 0.15) is 6.04 Å². The summed E-state index contributed by atoms with van der Waals surface area (Å²) < 4.78 is 11.5. The van der Waals surface area contributed by atoms with Crippen molar-refractivity contribution in [3.63, 3.8) is 0 Å². The minimum Gasteiger partial charge on any atom is -0.371 e. The number of likely N-dealkylation sites (N-methyl/N-ethyl adjacent to an activating group) is 1. The highest BCUT2D eigenvalue weighted by molar-refractivity contribution is 5.97. The van der Waals surface area contributed by atoms with Gasteiger partial charge in [0, 0.05) is 26.8 Å². The molecule has 2 heterocycles. The van der Waals surface area contributed by atoms with Crippen LogP contribution in [0.3, 0.4) is 0 Å². The maximum absolute atomic E-state index is 12.0. The summed E-state index contributed by atoms with van der Waals surface area (Å²) in [6.45, 7) is 1.82. The van der Waals surface area contributed by atoms with Gasteiger partial charge in [-0.3, -0.25) is 4.79 Å². The van der Waals surface area contributed by atoms with Gasteiger partial charge in [-0.1, -0.05) is 0 Å². The van der Waals surface area contributed by atoms with Crippen LogP contribution in [0.1, 0.15) is 0 Å². The summed E-state index contributed by atoms with van der Waals surface area (Å²) in [7, 11) is 3.55. The summed E-state index contributed by atoms with van der Waals surface area (Å²) in [5.74, 6) is -0.992. The number of ether oxygens (including phenoxy) is 2. The average molecular weight is 237 g/mol. The van der Waals surface area contributed by atoms with Crippen molar-refractivity contribution in [3.8, 4) is 0 Å². The fraction of sp³-hybridized carbons (Fsp3) is 0.727. The predicted molar refractivity (Wildman–Crippen MR) is 58.4 cm³/mol. The van der Waals surface area contributed by atoms with Gasteiger partial charge >= 0.3 is 0 Å².